The maximum Gasteiger partial charge on any atom is 0.391 e. The molecule has 0 spiro atoms. The number of hydrazine groups is 1. The molecule has 0 aromatic heterocycles. The lowest BCUT2D eigenvalue weighted by Crippen LogP contribution is -2.45. The topological polar surface area (TPSA) is 38.0 Å². The van der Waals surface area contributed by atoms with Crippen molar-refractivity contribution in [2.75, 3.05) is 0 Å². The first-order chi connectivity index (χ1) is 10.0. The van der Waals surface area contributed by atoms with Gasteiger partial charge in [0, 0.05) is 6.04 Å². The van der Waals surface area contributed by atoms with Crippen molar-refractivity contribution in [1.29, 1.82) is 0 Å². The molecule has 2 nitrogen and oxygen atoms in total. The first kappa shape index (κ1) is 16.8. The first-order valence-electron chi connectivity index (χ1n) is 8.24. The number of nitrogens with two attached hydrogens (primary N) is 1. The highest BCUT2D eigenvalue weighted by atomic mass is 19.4. The third-order valence-electron chi connectivity index (χ3n) is 5.05. The van der Waals surface area contributed by atoms with Gasteiger partial charge in [-0.15, -0.1) is 0 Å². The molecule has 3 unspecified atom stereocenters. The normalized spacial score (nSPS) is 30.2. The molecule has 1 saturated carbocycles. The Labute approximate surface area is 125 Å². The summed E-state index contributed by atoms with van der Waals surface area (Å²) in [5.74, 6) is 4.57. The van der Waals surface area contributed by atoms with Gasteiger partial charge in [0.1, 0.15) is 0 Å². The van der Waals surface area contributed by atoms with Crippen LogP contribution in [0.25, 0.3) is 0 Å². The van der Waals surface area contributed by atoms with E-state index in [0.717, 1.165) is 25.7 Å². The first-order valence-corrected chi connectivity index (χ1v) is 8.24. The Kier molecular flexibility index (Phi) is 6.11. The highest BCUT2D eigenvalue weighted by Gasteiger charge is 2.43. The van der Waals surface area contributed by atoms with E-state index in [4.69, 9.17) is 5.84 Å². The van der Waals surface area contributed by atoms with Gasteiger partial charge in [0.2, 0.25) is 0 Å². The minimum absolute atomic E-state index is 0.0149. The van der Waals surface area contributed by atoms with Gasteiger partial charge in [0.25, 0.3) is 0 Å². The lowest BCUT2D eigenvalue weighted by Gasteiger charge is -2.36. The average Bonchev–Trinajstić information content (AvgIpc) is 2.41. The van der Waals surface area contributed by atoms with Crippen LogP contribution in [0.5, 0.6) is 0 Å². The summed E-state index contributed by atoms with van der Waals surface area (Å²) in [5.41, 5.74) is 4.07. The van der Waals surface area contributed by atoms with Crippen LogP contribution in [0.15, 0.2) is 11.6 Å². The fraction of sp³-hybridized carbons (Fsp3) is 0.875. The van der Waals surface area contributed by atoms with Crippen LogP contribution in [0.1, 0.15) is 64.2 Å². The van der Waals surface area contributed by atoms with Crippen LogP contribution in [-0.4, -0.2) is 12.2 Å². The molecular weight excluding hydrogens is 277 g/mol. The minimum Gasteiger partial charge on any atom is -0.271 e. The van der Waals surface area contributed by atoms with Gasteiger partial charge < -0.3 is 0 Å². The van der Waals surface area contributed by atoms with Crippen molar-refractivity contribution < 1.29 is 13.2 Å². The monoisotopic (exact) mass is 304 g/mol. The summed E-state index contributed by atoms with van der Waals surface area (Å²) >= 11 is 0. The lowest BCUT2D eigenvalue weighted by atomic mass is 9.74. The zero-order chi connectivity index (χ0) is 15.3. The van der Waals surface area contributed by atoms with Crippen molar-refractivity contribution in [3.05, 3.63) is 11.6 Å². The number of hydrogen-bond acceptors (Lipinski definition) is 2. The molecule has 5 heteroatoms. The van der Waals surface area contributed by atoms with Gasteiger partial charge in [-0.1, -0.05) is 30.9 Å². The van der Waals surface area contributed by atoms with Crippen molar-refractivity contribution in [2.45, 2.75) is 76.4 Å². The van der Waals surface area contributed by atoms with Crippen LogP contribution in [0.4, 0.5) is 13.2 Å². The van der Waals surface area contributed by atoms with Crippen LogP contribution in [0, 0.1) is 11.8 Å². The number of halogens is 3. The molecule has 21 heavy (non-hydrogen) atoms. The van der Waals surface area contributed by atoms with E-state index in [9.17, 15) is 13.2 Å². The highest BCUT2D eigenvalue weighted by molar-refractivity contribution is 5.13. The van der Waals surface area contributed by atoms with E-state index in [1.165, 1.54) is 24.8 Å². The molecule has 2 aliphatic rings. The zero-order valence-corrected chi connectivity index (χ0v) is 12.6. The van der Waals surface area contributed by atoms with Gasteiger partial charge in [-0.25, -0.2) is 0 Å². The fourth-order valence-corrected chi connectivity index (χ4v) is 3.87. The molecule has 1 fully saturated rings. The molecule has 0 aromatic carbocycles. The molecule has 0 heterocycles. The van der Waals surface area contributed by atoms with Crippen molar-refractivity contribution in [3.8, 4) is 0 Å². The third-order valence-corrected chi connectivity index (χ3v) is 5.05. The summed E-state index contributed by atoms with van der Waals surface area (Å²) in [5, 5.41) is 0. The predicted octanol–water partition coefficient (Wildman–Crippen LogP) is 4.47. The second-order valence-electron chi connectivity index (χ2n) is 6.54. The second-order valence-corrected chi connectivity index (χ2v) is 6.54. The Balaban J connectivity index is 2.05. The molecule has 0 saturated heterocycles. The van der Waals surface area contributed by atoms with Gasteiger partial charge in [-0.2, -0.15) is 13.2 Å². The van der Waals surface area contributed by atoms with Crippen molar-refractivity contribution in [1.82, 2.24) is 5.43 Å². The smallest absolute Gasteiger partial charge is 0.271 e. The maximum atomic E-state index is 13.0. The lowest BCUT2D eigenvalue weighted by molar-refractivity contribution is -0.186. The number of rotatable bonds is 3. The second kappa shape index (κ2) is 7.63. The average molecular weight is 304 g/mol. The van der Waals surface area contributed by atoms with Crippen molar-refractivity contribution >= 4 is 0 Å². The van der Waals surface area contributed by atoms with E-state index in [2.05, 4.69) is 11.5 Å². The number of hydrogen-bond donors (Lipinski definition) is 2. The summed E-state index contributed by atoms with van der Waals surface area (Å²) in [7, 11) is 0. The Morgan fingerprint density at radius 3 is 2.57 bits per heavy atom. The van der Waals surface area contributed by atoms with E-state index < -0.39 is 12.1 Å². The standard InChI is InChI=1S/C16H27F3N2/c17-16(18,19)14-10-6-9-13(11-14)15(21-20)12-7-4-2-1-3-5-8-12/h7,13-15,21H,1-6,8-11,20H2. The molecular formula is C16H27F3N2. The number of nitrogens with one attached hydrogen (secondary N) is 1. The summed E-state index contributed by atoms with van der Waals surface area (Å²) < 4.78 is 38.9. The summed E-state index contributed by atoms with van der Waals surface area (Å²) in [6.45, 7) is 0. The van der Waals surface area contributed by atoms with Crippen LogP contribution in [-0.2, 0) is 0 Å². The summed E-state index contributed by atoms with van der Waals surface area (Å²) in [6, 6.07) is -0.0757. The SMILES string of the molecule is NNC(C1=CCCCCCC1)C1CCCC(C(F)(F)F)C1. The zero-order valence-electron chi connectivity index (χ0n) is 12.6. The van der Waals surface area contributed by atoms with Gasteiger partial charge in [-0.3, -0.25) is 11.3 Å². The third kappa shape index (κ3) is 4.71. The Hall–Kier alpha value is -0.550. The van der Waals surface area contributed by atoms with Crippen LogP contribution < -0.4 is 11.3 Å². The highest BCUT2D eigenvalue weighted by Crippen LogP contribution is 2.42. The quantitative estimate of drug-likeness (QED) is 0.459. The molecule has 0 aromatic rings. The Bertz CT molecular complexity index is 352. The number of allylic oxidation sites excluding steroid dienone is 1. The molecule has 0 aliphatic heterocycles. The molecule has 2 rings (SSSR count). The number of alkyl halides is 3. The predicted molar refractivity (Wildman–Crippen MR) is 78.4 cm³/mol. The van der Waals surface area contributed by atoms with E-state index in [1.807, 2.05) is 0 Å². The van der Waals surface area contributed by atoms with Crippen LogP contribution in [0.2, 0.25) is 0 Å². The largest absolute Gasteiger partial charge is 0.391 e. The molecule has 3 atom stereocenters. The minimum atomic E-state index is -4.06. The molecule has 2 aliphatic carbocycles. The Morgan fingerprint density at radius 2 is 1.86 bits per heavy atom. The molecule has 0 radical (unpaired) electrons. The van der Waals surface area contributed by atoms with Crippen LogP contribution >= 0.6 is 0 Å². The van der Waals surface area contributed by atoms with E-state index >= 15 is 0 Å². The van der Waals surface area contributed by atoms with Gasteiger partial charge in [-0.05, 0) is 50.9 Å². The molecule has 0 bridgehead atoms. The van der Waals surface area contributed by atoms with Gasteiger partial charge in [0.15, 0.2) is 0 Å². The maximum absolute atomic E-state index is 13.0. The summed E-state index contributed by atoms with van der Waals surface area (Å²) in [4.78, 5) is 0. The van der Waals surface area contributed by atoms with Gasteiger partial charge >= 0.3 is 6.18 Å². The van der Waals surface area contributed by atoms with E-state index in [0.29, 0.717) is 6.42 Å². The van der Waals surface area contributed by atoms with Crippen molar-refractivity contribution in [3.63, 3.8) is 0 Å². The van der Waals surface area contributed by atoms with E-state index in [-0.39, 0.29) is 24.8 Å². The van der Waals surface area contributed by atoms with Gasteiger partial charge in [0.05, 0.1) is 5.92 Å². The van der Waals surface area contributed by atoms with Crippen molar-refractivity contribution in [2.24, 2.45) is 17.7 Å². The van der Waals surface area contributed by atoms with Crippen LogP contribution in [0.3, 0.4) is 0 Å². The molecule has 0 amide bonds. The van der Waals surface area contributed by atoms with E-state index in [1.54, 1.807) is 0 Å². The fourth-order valence-electron chi connectivity index (χ4n) is 3.87. The summed E-state index contributed by atoms with van der Waals surface area (Å²) in [6.07, 6.45) is 6.93. The Morgan fingerprint density at radius 1 is 1.10 bits per heavy atom. The molecule has 122 valence electrons. The molecule has 3 N–H and O–H groups in total.